The lowest BCUT2D eigenvalue weighted by Gasteiger charge is -2.35. The number of phenolic OH excluding ortho intramolecular Hbond substituents is 1. The SMILES string of the molecule is CC1(C)C2CCC1(CS(=O)(=O)O)C(=O)C2.Oc1ccc(Sc2ccccc2)cc1. The van der Waals surface area contributed by atoms with Gasteiger partial charge in [0.05, 0.1) is 11.2 Å². The maximum Gasteiger partial charge on any atom is 0.265 e. The Hall–Kier alpha value is -1.83. The Bertz CT molecular complexity index is 968. The van der Waals surface area contributed by atoms with Crippen LogP contribution in [-0.2, 0) is 14.9 Å². The number of carbonyl (C=O) groups excluding carboxylic acids is 1. The summed E-state index contributed by atoms with van der Waals surface area (Å²) in [5, 5.41) is 9.11. The van der Waals surface area contributed by atoms with Gasteiger partial charge < -0.3 is 5.11 Å². The first-order chi connectivity index (χ1) is 13.5. The van der Waals surface area contributed by atoms with Crippen LogP contribution in [0.4, 0.5) is 0 Å². The van der Waals surface area contributed by atoms with Gasteiger partial charge in [0, 0.05) is 16.2 Å². The first-order valence-electron chi connectivity index (χ1n) is 9.54. The van der Waals surface area contributed by atoms with Crippen LogP contribution in [0.25, 0.3) is 0 Å². The predicted octanol–water partition coefficient (Wildman–Crippen LogP) is 4.81. The fourth-order valence-corrected chi connectivity index (χ4v) is 6.70. The van der Waals surface area contributed by atoms with Crippen LogP contribution >= 0.6 is 11.8 Å². The zero-order chi connectivity index (χ0) is 21.3. The molecule has 2 aromatic carbocycles. The van der Waals surface area contributed by atoms with Crippen molar-refractivity contribution in [2.75, 3.05) is 5.75 Å². The molecule has 7 heteroatoms. The van der Waals surface area contributed by atoms with E-state index in [9.17, 15) is 13.2 Å². The molecule has 2 bridgehead atoms. The standard InChI is InChI=1S/C12H10OS.C10H16O4S/c13-10-6-8-12(9-7-10)14-11-4-2-1-3-5-11;1-9(2)7-3-4-10(9,8(11)5-7)6-15(12,13)14/h1-9,13H;7H,3-6H2,1-2H3,(H,12,13,14). The molecule has 156 valence electrons. The minimum absolute atomic E-state index is 0.0152. The number of ketones is 1. The second-order valence-electron chi connectivity index (χ2n) is 8.30. The van der Waals surface area contributed by atoms with Crippen molar-refractivity contribution in [3.63, 3.8) is 0 Å². The van der Waals surface area contributed by atoms with Gasteiger partial charge in [-0.05, 0) is 60.6 Å². The van der Waals surface area contributed by atoms with Gasteiger partial charge in [-0.15, -0.1) is 0 Å². The highest BCUT2D eigenvalue weighted by molar-refractivity contribution is 7.99. The molecule has 0 aromatic heterocycles. The van der Waals surface area contributed by atoms with Crippen molar-refractivity contribution >= 4 is 27.7 Å². The molecule has 0 saturated heterocycles. The Morgan fingerprint density at radius 2 is 1.62 bits per heavy atom. The molecule has 4 rings (SSSR count). The Balaban J connectivity index is 0.000000166. The van der Waals surface area contributed by atoms with Gasteiger partial charge in [-0.3, -0.25) is 9.35 Å². The smallest absolute Gasteiger partial charge is 0.265 e. The Morgan fingerprint density at radius 1 is 1.03 bits per heavy atom. The van der Waals surface area contributed by atoms with E-state index in [1.54, 1.807) is 23.9 Å². The monoisotopic (exact) mass is 434 g/mol. The molecule has 0 amide bonds. The molecular weight excluding hydrogens is 408 g/mol. The largest absolute Gasteiger partial charge is 0.508 e. The molecule has 5 nitrogen and oxygen atoms in total. The lowest BCUT2D eigenvalue weighted by Crippen LogP contribution is -2.42. The molecule has 2 unspecified atom stereocenters. The van der Waals surface area contributed by atoms with Gasteiger partial charge in [-0.1, -0.05) is 43.8 Å². The third-order valence-electron chi connectivity index (χ3n) is 6.38. The molecule has 0 radical (unpaired) electrons. The Kier molecular flexibility index (Phi) is 6.13. The molecule has 2 saturated carbocycles. The van der Waals surface area contributed by atoms with E-state index in [0.717, 1.165) is 11.3 Å². The summed E-state index contributed by atoms with van der Waals surface area (Å²) < 4.78 is 31.0. The third-order valence-corrected chi connectivity index (χ3v) is 8.26. The summed E-state index contributed by atoms with van der Waals surface area (Å²) in [5.74, 6) is 0.207. The van der Waals surface area contributed by atoms with Gasteiger partial charge in [0.2, 0.25) is 0 Å². The molecule has 2 aliphatic carbocycles. The van der Waals surface area contributed by atoms with E-state index in [4.69, 9.17) is 9.66 Å². The van der Waals surface area contributed by atoms with E-state index in [1.165, 1.54) is 4.90 Å². The highest BCUT2D eigenvalue weighted by Crippen LogP contribution is 2.64. The quantitative estimate of drug-likeness (QED) is 0.671. The van der Waals surface area contributed by atoms with Gasteiger partial charge in [-0.2, -0.15) is 8.42 Å². The van der Waals surface area contributed by atoms with Crippen molar-refractivity contribution in [2.24, 2.45) is 16.7 Å². The van der Waals surface area contributed by atoms with Gasteiger partial charge in [0.15, 0.2) is 0 Å². The van der Waals surface area contributed by atoms with Crippen molar-refractivity contribution in [2.45, 2.75) is 42.9 Å². The normalized spacial score (nSPS) is 24.8. The first kappa shape index (κ1) is 21.9. The van der Waals surface area contributed by atoms with E-state index in [2.05, 4.69) is 12.1 Å². The average molecular weight is 435 g/mol. The number of fused-ring (bicyclic) bond motifs is 2. The van der Waals surface area contributed by atoms with E-state index < -0.39 is 21.3 Å². The number of phenols is 1. The van der Waals surface area contributed by atoms with Gasteiger partial charge in [0.1, 0.15) is 11.5 Å². The molecule has 2 aliphatic rings. The Morgan fingerprint density at radius 3 is 2.10 bits per heavy atom. The van der Waals surface area contributed by atoms with Crippen LogP contribution < -0.4 is 0 Å². The lowest BCUT2D eigenvalue weighted by molar-refractivity contribution is -0.128. The molecule has 2 fully saturated rings. The van der Waals surface area contributed by atoms with Crippen LogP contribution in [0.5, 0.6) is 5.75 Å². The van der Waals surface area contributed by atoms with Crippen LogP contribution in [0.1, 0.15) is 33.1 Å². The second-order valence-corrected chi connectivity index (χ2v) is 10.9. The van der Waals surface area contributed by atoms with E-state index in [-0.39, 0.29) is 17.1 Å². The van der Waals surface area contributed by atoms with Gasteiger partial charge in [0.25, 0.3) is 10.1 Å². The Labute approximate surface area is 176 Å². The zero-order valence-corrected chi connectivity index (χ0v) is 18.2. The minimum atomic E-state index is -4.08. The fourth-order valence-electron chi connectivity index (χ4n) is 4.56. The summed E-state index contributed by atoms with van der Waals surface area (Å²) in [5.41, 5.74) is -1.12. The van der Waals surface area contributed by atoms with E-state index in [0.29, 0.717) is 18.6 Å². The van der Waals surface area contributed by atoms with Crippen molar-refractivity contribution in [3.05, 3.63) is 54.6 Å². The summed E-state index contributed by atoms with van der Waals surface area (Å²) in [4.78, 5) is 14.2. The summed E-state index contributed by atoms with van der Waals surface area (Å²) in [7, 11) is -4.08. The molecule has 0 aliphatic heterocycles. The van der Waals surface area contributed by atoms with Crippen molar-refractivity contribution in [1.29, 1.82) is 0 Å². The van der Waals surface area contributed by atoms with Crippen molar-refractivity contribution in [1.82, 2.24) is 0 Å². The van der Waals surface area contributed by atoms with Crippen LogP contribution in [0, 0.1) is 16.7 Å². The summed E-state index contributed by atoms with van der Waals surface area (Å²) in [6.07, 6.45) is 1.97. The van der Waals surface area contributed by atoms with E-state index in [1.807, 2.05) is 44.2 Å². The number of Topliss-reactive ketones (excluding diaryl/α,β-unsaturated/α-hetero) is 1. The average Bonchev–Trinajstić information content (AvgIpc) is 2.98. The number of aromatic hydroxyl groups is 1. The summed E-state index contributed by atoms with van der Waals surface area (Å²) in [6.45, 7) is 3.89. The maximum absolute atomic E-state index is 11.9. The maximum atomic E-state index is 11.9. The summed E-state index contributed by atoms with van der Waals surface area (Å²) in [6, 6.07) is 17.4. The number of rotatable bonds is 4. The molecule has 0 heterocycles. The van der Waals surface area contributed by atoms with Gasteiger partial charge in [-0.25, -0.2) is 0 Å². The lowest BCUT2D eigenvalue weighted by atomic mass is 9.70. The third kappa shape index (κ3) is 4.68. The number of hydrogen-bond donors (Lipinski definition) is 2. The van der Waals surface area contributed by atoms with Crippen molar-refractivity contribution in [3.8, 4) is 5.75 Å². The molecule has 2 N–H and O–H groups in total. The number of hydrogen-bond acceptors (Lipinski definition) is 5. The van der Waals surface area contributed by atoms with E-state index >= 15 is 0 Å². The first-order valence-corrected chi connectivity index (χ1v) is 12.0. The number of benzene rings is 2. The molecule has 29 heavy (non-hydrogen) atoms. The van der Waals surface area contributed by atoms with Crippen LogP contribution in [-0.4, -0.2) is 29.6 Å². The molecule has 2 aromatic rings. The number of carbonyl (C=O) groups is 1. The minimum Gasteiger partial charge on any atom is -0.508 e. The zero-order valence-electron chi connectivity index (χ0n) is 16.5. The highest BCUT2D eigenvalue weighted by atomic mass is 32.2. The fraction of sp³-hybridized carbons (Fsp3) is 0.409. The predicted molar refractivity (Wildman–Crippen MR) is 114 cm³/mol. The topological polar surface area (TPSA) is 91.7 Å². The van der Waals surface area contributed by atoms with Crippen LogP contribution in [0.15, 0.2) is 64.4 Å². The highest BCUT2D eigenvalue weighted by Gasteiger charge is 2.65. The van der Waals surface area contributed by atoms with Crippen LogP contribution in [0.3, 0.4) is 0 Å². The van der Waals surface area contributed by atoms with Crippen LogP contribution in [0.2, 0.25) is 0 Å². The van der Waals surface area contributed by atoms with Gasteiger partial charge >= 0.3 is 0 Å². The molecular formula is C22H26O5S2. The van der Waals surface area contributed by atoms with Crippen molar-refractivity contribution < 1.29 is 22.9 Å². The molecule has 0 spiro atoms. The molecule has 2 atom stereocenters. The summed E-state index contributed by atoms with van der Waals surface area (Å²) >= 11 is 1.69. The second kappa shape index (κ2) is 8.13.